The van der Waals surface area contributed by atoms with Crippen LogP contribution in [0.3, 0.4) is 0 Å². The van der Waals surface area contributed by atoms with E-state index in [1.54, 1.807) is 7.05 Å². The number of halogens is 6. The Kier molecular flexibility index (Phi) is 6.38. The van der Waals surface area contributed by atoms with Crippen LogP contribution in [0.2, 0.25) is 0 Å². The summed E-state index contributed by atoms with van der Waals surface area (Å²) < 4.78 is 81.4. The van der Waals surface area contributed by atoms with Crippen LogP contribution in [-0.4, -0.2) is 25.4 Å². The molecule has 25 heavy (non-hydrogen) atoms. The van der Waals surface area contributed by atoms with Gasteiger partial charge in [0, 0.05) is 6.04 Å². The summed E-state index contributed by atoms with van der Waals surface area (Å²) in [4.78, 5) is 0. The van der Waals surface area contributed by atoms with Crippen molar-refractivity contribution in [3.05, 3.63) is 0 Å². The molecule has 0 aromatic heterocycles. The lowest BCUT2D eigenvalue weighted by atomic mass is 9.59. The van der Waals surface area contributed by atoms with Crippen LogP contribution in [0.25, 0.3) is 0 Å². The quantitative estimate of drug-likeness (QED) is 0.616. The van der Waals surface area contributed by atoms with E-state index in [1.165, 1.54) is 0 Å². The van der Waals surface area contributed by atoms with E-state index in [0.29, 0.717) is 12.8 Å². The SMILES string of the molecule is CN[C@H]1CC[C@H](C(F)(F)F)C(C2C[C@@H](C(C)C)CC[C@@H]2C(F)(F)F)C1. The second kappa shape index (κ2) is 7.65. The summed E-state index contributed by atoms with van der Waals surface area (Å²) >= 11 is 0. The highest BCUT2D eigenvalue weighted by atomic mass is 19.4. The smallest absolute Gasteiger partial charge is 0.317 e. The highest BCUT2D eigenvalue weighted by Crippen LogP contribution is 2.54. The Hall–Kier alpha value is -0.460. The topological polar surface area (TPSA) is 12.0 Å². The van der Waals surface area contributed by atoms with Gasteiger partial charge in [-0.25, -0.2) is 0 Å². The standard InChI is InChI=1S/C18H29F6N/c1-10(2)11-4-6-15(17(19,20)21)13(8-11)14-9-12(25-3)5-7-16(14)18(22,23)24/h10-16,25H,4-9H2,1-3H3/t11-,12-,13?,14?,15-,16-/m0/s1. The molecule has 1 N–H and O–H groups in total. The van der Waals surface area contributed by atoms with Crippen molar-refractivity contribution in [2.75, 3.05) is 7.05 Å². The minimum atomic E-state index is -4.43. The monoisotopic (exact) mass is 373 g/mol. The molecule has 0 spiro atoms. The number of alkyl halides is 6. The molecule has 7 heteroatoms. The molecule has 0 aliphatic heterocycles. The van der Waals surface area contributed by atoms with Gasteiger partial charge >= 0.3 is 12.4 Å². The first-order valence-electron chi connectivity index (χ1n) is 9.25. The molecule has 0 saturated heterocycles. The zero-order valence-electron chi connectivity index (χ0n) is 15.1. The fraction of sp³-hybridized carbons (Fsp3) is 1.00. The highest BCUT2D eigenvalue weighted by molar-refractivity contribution is 4.96. The van der Waals surface area contributed by atoms with Crippen LogP contribution < -0.4 is 5.32 Å². The summed E-state index contributed by atoms with van der Waals surface area (Å²) in [6.45, 7) is 3.91. The third-order valence-corrected chi connectivity index (χ3v) is 6.58. The maximum absolute atomic E-state index is 13.6. The minimum Gasteiger partial charge on any atom is -0.317 e. The maximum Gasteiger partial charge on any atom is 0.392 e. The lowest BCUT2D eigenvalue weighted by Gasteiger charge is -2.48. The molecule has 0 radical (unpaired) electrons. The van der Waals surface area contributed by atoms with E-state index >= 15 is 0 Å². The summed E-state index contributed by atoms with van der Waals surface area (Å²) in [5.41, 5.74) is 0. The lowest BCUT2D eigenvalue weighted by molar-refractivity contribution is -0.237. The van der Waals surface area contributed by atoms with Gasteiger partial charge in [-0.05, 0) is 69.2 Å². The van der Waals surface area contributed by atoms with Gasteiger partial charge in [-0.15, -0.1) is 0 Å². The summed E-state index contributed by atoms with van der Waals surface area (Å²) in [5.74, 6) is -4.81. The summed E-state index contributed by atoms with van der Waals surface area (Å²) in [7, 11) is 1.68. The van der Waals surface area contributed by atoms with Crippen LogP contribution in [0.1, 0.15) is 52.4 Å². The first kappa shape index (κ1) is 20.8. The Morgan fingerprint density at radius 2 is 1.24 bits per heavy atom. The van der Waals surface area contributed by atoms with Gasteiger partial charge in [-0.3, -0.25) is 0 Å². The first-order chi connectivity index (χ1) is 11.4. The fourth-order valence-corrected chi connectivity index (χ4v) is 5.07. The summed E-state index contributed by atoms with van der Waals surface area (Å²) in [5, 5.41) is 2.98. The average molecular weight is 373 g/mol. The molecule has 6 atom stereocenters. The Labute approximate surface area is 145 Å². The van der Waals surface area contributed by atoms with Gasteiger partial charge in [0.1, 0.15) is 0 Å². The zero-order chi connectivity index (χ0) is 19.0. The lowest BCUT2D eigenvalue weighted by Crippen LogP contribution is -2.49. The summed E-state index contributed by atoms with van der Waals surface area (Å²) in [6.07, 6.45) is -7.70. The fourth-order valence-electron chi connectivity index (χ4n) is 5.07. The molecule has 148 valence electrons. The van der Waals surface area contributed by atoms with Crippen LogP contribution in [-0.2, 0) is 0 Å². The molecule has 0 aromatic carbocycles. The van der Waals surface area contributed by atoms with Gasteiger partial charge in [-0.2, -0.15) is 26.3 Å². The van der Waals surface area contributed by atoms with Crippen molar-refractivity contribution in [2.24, 2.45) is 35.5 Å². The van der Waals surface area contributed by atoms with E-state index in [9.17, 15) is 26.3 Å². The Balaban J connectivity index is 2.33. The molecule has 0 aromatic rings. The van der Waals surface area contributed by atoms with Crippen molar-refractivity contribution in [1.82, 2.24) is 5.32 Å². The van der Waals surface area contributed by atoms with E-state index in [0.717, 1.165) is 0 Å². The second-order valence-electron chi connectivity index (χ2n) is 8.24. The van der Waals surface area contributed by atoms with Crippen LogP contribution in [0.15, 0.2) is 0 Å². The largest absolute Gasteiger partial charge is 0.392 e. The van der Waals surface area contributed by atoms with Gasteiger partial charge in [-0.1, -0.05) is 13.8 Å². The van der Waals surface area contributed by atoms with Gasteiger partial charge in [0.25, 0.3) is 0 Å². The minimum absolute atomic E-state index is 0.0394. The summed E-state index contributed by atoms with van der Waals surface area (Å²) in [6, 6.07) is -0.128. The molecule has 0 heterocycles. The number of hydrogen-bond donors (Lipinski definition) is 1. The molecular weight excluding hydrogens is 344 g/mol. The Bertz CT molecular complexity index is 430. The normalized spacial score (nSPS) is 38.2. The molecule has 2 aliphatic rings. The van der Waals surface area contributed by atoms with Gasteiger partial charge in [0.2, 0.25) is 0 Å². The number of rotatable bonds is 3. The molecule has 1 nitrogen and oxygen atoms in total. The maximum atomic E-state index is 13.6. The molecular formula is C18H29F6N. The van der Waals surface area contributed by atoms with E-state index in [-0.39, 0.29) is 43.6 Å². The first-order valence-corrected chi connectivity index (χ1v) is 9.25. The second-order valence-corrected chi connectivity index (χ2v) is 8.24. The average Bonchev–Trinajstić information content (AvgIpc) is 2.51. The van der Waals surface area contributed by atoms with Crippen molar-refractivity contribution >= 4 is 0 Å². The molecule has 2 rings (SSSR count). The molecule has 2 unspecified atom stereocenters. The van der Waals surface area contributed by atoms with Crippen molar-refractivity contribution in [3.8, 4) is 0 Å². The predicted molar refractivity (Wildman–Crippen MR) is 84.9 cm³/mol. The van der Waals surface area contributed by atoms with Crippen LogP contribution in [0.4, 0.5) is 26.3 Å². The van der Waals surface area contributed by atoms with E-state index in [2.05, 4.69) is 5.32 Å². The van der Waals surface area contributed by atoms with Gasteiger partial charge in [0.05, 0.1) is 11.8 Å². The van der Waals surface area contributed by atoms with E-state index < -0.39 is 36.0 Å². The molecule has 0 bridgehead atoms. The van der Waals surface area contributed by atoms with Crippen molar-refractivity contribution in [1.29, 1.82) is 0 Å². The van der Waals surface area contributed by atoms with Crippen molar-refractivity contribution in [2.45, 2.75) is 70.8 Å². The van der Waals surface area contributed by atoms with Gasteiger partial charge in [0.15, 0.2) is 0 Å². The van der Waals surface area contributed by atoms with Crippen molar-refractivity contribution in [3.63, 3.8) is 0 Å². The van der Waals surface area contributed by atoms with Gasteiger partial charge < -0.3 is 5.32 Å². The van der Waals surface area contributed by atoms with Crippen molar-refractivity contribution < 1.29 is 26.3 Å². The molecule has 2 fully saturated rings. The Morgan fingerprint density at radius 1 is 0.760 bits per heavy atom. The molecule has 2 aliphatic carbocycles. The van der Waals surface area contributed by atoms with Crippen LogP contribution in [0, 0.1) is 35.5 Å². The Morgan fingerprint density at radius 3 is 1.68 bits per heavy atom. The number of nitrogens with one attached hydrogen (secondary N) is 1. The predicted octanol–water partition coefficient (Wildman–Crippen LogP) is 5.80. The molecule has 2 saturated carbocycles. The third-order valence-electron chi connectivity index (χ3n) is 6.58. The highest BCUT2D eigenvalue weighted by Gasteiger charge is 2.56. The van der Waals surface area contributed by atoms with E-state index in [4.69, 9.17) is 0 Å². The number of hydrogen-bond acceptors (Lipinski definition) is 1. The molecule has 0 amide bonds. The van der Waals surface area contributed by atoms with Crippen LogP contribution >= 0.6 is 0 Å². The third kappa shape index (κ3) is 4.83. The van der Waals surface area contributed by atoms with Crippen LogP contribution in [0.5, 0.6) is 0 Å². The zero-order valence-corrected chi connectivity index (χ0v) is 15.1. The van der Waals surface area contributed by atoms with E-state index in [1.807, 2.05) is 13.8 Å².